The van der Waals surface area contributed by atoms with Gasteiger partial charge >= 0.3 is 0 Å². The highest BCUT2D eigenvalue weighted by Crippen LogP contribution is 2.27. The molecule has 5 aromatic rings. The van der Waals surface area contributed by atoms with E-state index in [-0.39, 0.29) is 11.6 Å². The number of hydrogen-bond acceptors (Lipinski definition) is 3. The number of carbonyl (C=O) groups excluding carboxylic acids is 1. The van der Waals surface area contributed by atoms with Crippen LogP contribution in [-0.4, -0.2) is 24.9 Å². The minimum absolute atomic E-state index is 0.163. The van der Waals surface area contributed by atoms with E-state index in [0.717, 1.165) is 16.9 Å². The maximum Gasteiger partial charge on any atom is 0.204 e. The summed E-state index contributed by atoms with van der Waals surface area (Å²) in [6.07, 6.45) is 6.95. The Balaban J connectivity index is 1.58. The highest BCUT2D eigenvalue weighted by Gasteiger charge is 2.17. The van der Waals surface area contributed by atoms with Crippen LogP contribution in [0.5, 0.6) is 0 Å². The number of aryl methyl sites for hydroxylation is 3. The van der Waals surface area contributed by atoms with Crippen molar-refractivity contribution in [3.63, 3.8) is 0 Å². The maximum atomic E-state index is 14.3. The van der Waals surface area contributed by atoms with E-state index in [2.05, 4.69) is 4.98 Å². The summed E-state index contributed by atoms with van der Waals surface area (Å²) in [6, 6.07) is 18.6. The molecule has 0 saturated heterocycles. The Bertz CT molecular complexity index is 1560. The number of para-hydroxylation sites is 1. The van der Waals surface area contributed by atoms with Gasteiger partial charge in [0, 0.05) is 23.5 Å². The van der Waals surface area contributed by atoms with Crippen LogP contribution in [0.1, 0.15) is 32.9 Å². The van der Waals surface area contributed by atoms with Gasteiger partial charge in [0.15, 0.2) is 0 Å². The van der Waals surface area contributed by atoms with Gasteiger partial charge in [0.05, 0.1) is 11.4 Å². The van der Waals surface area contributed by atoms with Crippen molar-refractivity contribution in [2.24, 2.45) is 0 Å². The molecule has 0 amide bonds. The summed E-state index contributed by atoms with van der Waals surface area (Å²) in [4.78, 5) is 17.8. The number of nitrogens with zero attached hydrogens (tertiary/aromatic N) is 4. The lowest BCUT2D eigenvalue weighted by atomic mass is 10.1. The molecule has 0 unspecified atom stereocenters. The number of hydrogen-bond donors (Lipinski definition) is 0. The lowest BCUT2D eigenvalue weighted by Gasteiger charge is -2.03. The number of fused-ring (bicyclic) bond motifs is 1. The third-order valence-electron chi connectivity index (χ3n) is 5.88. The summed E-state index contributed by atoms with van der Waals surface area (Å²) in [6.45, 7) is 5.53. The van der Waals surface area contributed by atoms with Crippen LogP contribution in [0.3, 0.4) is 0 Å². The van der Waals surface area contributed by atoms with Crippen molar-refractivity contribution < 1.29 is 9.18 Å². The predicted molar refractivity (Wildman–Crippen MR) is 132 cm³/mol. The van der Waals surface area contributed by atoms with Gasteiger partial charge in [-0.05, 0) is 68.3 Å². The first-order valence-electron chi connectivity index (χ1n) is 11.0. The first kappa shape index (κ1) is 21.5. The largest absolute Gasteiger partial charge is 0.296 e. The molecule has 3 heterocycles. The molecule has 0 spiro atoms. The Morgan fingerprint density at radius 3 is 2.53 bits per heavy atom. The van der Waals surface area contributed by atoms with Crippen molar-refractivity contribution in [1.29, 1.82) is 0 Å². The summed E-state index contributed by atoms with van der Waals surface area (Å²) in [7, 11) is 0. The molecule has 0 N–H and O–H groups in total. The molecule has 5 nitrogen and oxygen atoms in total. The Kier molecular flexibility index (Phi) is 5.42. The van der Waals surface area contributed by atoms with Crippen molar-refractivity contribution in [3.05, 3.63) is 113 Å². The second-order valence-corrected chi connectivity index (χ2v) is 8.31. The number of rotatable bonds is 5. The third kappa shape index (κ3) is 3.83. The zero-order valence-corrected chi connectivity index (χ0v) is 19.2. The van der Waals surface area contributed by atoms with Crippen LogP contribution >= 0.6 is 0 Å². The summed E-state index contributed by atoms with van der Waals surface area (Å²) >= 11 is 0. The van der Waals surface area contributed by atoms with Crippen molar-refractivity contribution in [2.45, 2.75) is 20.8 Å². The monoisotopic (exact) mass is 450 g/mol. The van der Waals surface area contributed by atoms with E-state index in [0.29, 0.717) is 33.8 Å². The fourth-order valence-corrected chi connectivity index (χ4v) is 4.05. The van der Waals surface area contributed by atoms with Crippen LogP contribution in [-0.2, 0) is 0 Å². The molecule has 0 bridgehead atoms. The molecule has 5 rings (SSSR count). The number of aromatic nitrogens is 4. The van der Waals surface area contributed by atoms with E-state index >= 15 is 0 Å². The quantitative estimate of drug-likeness (QED) is 0.238. The van der Waals surface area contributed by atoms with Crippen molar-refractivity contribution in [3.8, 4) is 16.9 Å². The number of ketones is 1. The van der Waals surface area contributed by atoms with E-state index < -0.39 is 0 Å². The van der Waals surface area contributed by atoms with Crippen LogP contribution in [0.25, 0.3) is 28.7 Å². The fraction of sp³-hybridized carbons (Fsp3) is 0.107. The van der Waals surface area contributed by atoms with Gasteiger partial charge in [-0.25, -0.2) is 14.1 Å². The van der Waals surface area contributed by atoms with Crippen molar-refractivity contribution >= 4 is 17.5 Å². The summed E-state index contributed by atoms with van der Waals surface area (Å²) < 4.78 is 17.9. The summed E-state index contributed by atoms with van der Waals surface area (Å²) in [5.74, 6) is -0.460. The second kappa shape index (κ2) is 8.56. The lowest BCUT2D eigenvalue weighted by Crippen LogP contribution is -2.02. The third-order valence-corrected chi connectivity index (χ3v) is 5.88. The number of carbonyl (C=O) groups is 1. The SMILES string of the molecule is Cc1ccc(-c2nn(-c3ccccc3)cc2C=CC(=O)c2c(C)nc3c(C)cccn23)cc1F. The lowest BCUT2D eigenvalue weighted by molar-refractivity contribution is 0.104. The topological polar surface area (TPSA) is 52.2 Å². The summed E-state index contributed by atoms with van der Waals surface area (Å²) in [5.41, 5.74) is 6.35. The molecule has 0 aliphatic heterocycles. The molecule has 0 radical (unpaired) electrons. The van der Waals surface area contributed by atoms with E-state index in [4.69, 9.17) is 5.10 Å². The average Bonchev–Trinajstić information content (AvgIpc) is 3.41. The molecule has 0 aliphatic rings. The first-order valence-corrected chi connectivity index (χ1v) is 11.0. The number of imidazole rings is 1. The molecule has 3 aromatic heterocycles. The van der Waals surface area contributed by atoms with E-state index in [1.165, 1.54) is 12.1 Å². The number of allylic oxidation sites excluding steroid dienone is 1. The molecule has 0 aliphatic carbocycles. The van der Waals surface area contributed by atoms with Crippen LogP contribution < -0.4 is 0 Å². The highest BCUT2D eigenvalue weighted by molar-refractivity contribution is 6.07. The molecule has 34 heavy (non-hydrogen) atoms. The molecule has 2 aromatic carbocycles. The molecule has 0 fully saturated rings. The normalized spacial score (nSPS) is 11.5. The van der Waals surface area contributed by atoms with Crippen molar-refractivity contribution in [1.82, 2.24) is 19.2 Å². The predicted octanol–water partition coefficient (Wildman–Crippen LogP) is 6.15. The first-order chi connectivity index (χ1) is 16.4. The number of benzene rings is 2. The second-order valence-electron chi connectivity index (χ2n) is 8.31. The average molecular weight is 451 g/mol. The van der Waals surface area contributed by atoms with Crippen LogP contribution in [0.4, 0.5) is 4.39 Å². The number of pyridine rings is 1. The molecule has 6 heteroatoms. The summed E-state index contributed by atoms with van der Waals surface area (Å²) in [5, 5.41) is 4.71. The Hall–Kier alpha value is -4.32. The molecule has 168 valence electrons. The zero-order valence-electron chi connectivity index (χ0n) is 19.2. The Morgan fingerprint density at radius 2 is 1.76 bits per heavy atom. The minimum atomic E-state index is -0.297. The van der Waals surface area contributed by atoms with Gasteiger partial charge in [-0.15, -0.1) is 0 Å². The standard InChI is InChI=1S/C28H23FN4O/c1-18-11-12-21(16-24(18)29)26-22(17-33(31-26)23-9-5-4-6-10-23)13-14-25(34)27-20(3)30-28-19(2)8-7-15-32(27)28/h4-17H,1-3H3. The van der Waals surface area contributed by atoms with E-state index in [1.54, 1.807) is 23.7 Å². The van der Waals surface area contributed by atoms with Crippen LogP contribution in [0.15, 0.2) is 79.1 Å². The van der Waals surface area contributed by atoms with Gasteiger partial charge in [0.25, 0.3) is 0 Å². The van der Waals surface area contributed by atoms with Gasteiger partial charge in [0.2, 0.25) is 5.78 Å². The van der Waals surface area contributed by atoms with Crippen molar-refractivity contribution in [2.75, 3.05) is 0 Å². The molecular formula is C28H23FN4O. The van der Waals surface area contributed by atoms with E-state index in [1.807, 2.05) is 79.2 Å². The van der Waals surface area contributed by atoms with Gasteiger partial charge in [-0.3, -0.25) is 9.20 Å². The molecular weight excluding hydrogens is 427 g/mol. The highest BCUT2D eigenvalue weighted by atomic mass is 19.1. The minimum Gasteiger partial charge on any atom is -0.296 e. The van der Waals surface area contributed by atoms with Gasteiger partial charge in [0.1, 0.15) is 22.9 Å². The fourth-order valence-electron chi connectivity index (χ4n) is 4.05. The van der Waals surface area contributed by atoms with Crippen LogP contribution in [0.2, 0.25) is 0 Å². The maximum absolute atomic E-state index is 14.3. The zero-order chi connectivity index (χ0) is 23.8. The Morgan fingerprint density at radius 1 is 0.971 bits per heavy atom. The molecule has 0 atom stereocenters. The van der Waals surface area contributed by atoms with Crippen LogP contribution in [0, 0.1) is 26.6 Å². The Labute approximate surface area is 196 Å². The van der Waals surface area contributed by atoms with Gasteiger partial charge in [-0.2, -0.15) is 5.10 Å². The molecule has 0 saturated carbocycles. The van der Waals surface area contributed by atoms with Gasteiger partial charge in [-0.1, -0.05) is 36.4 Å². The number of halogens is 1. The van der Waals surface area contributed by atoms with Gasteiger partial charge < -0.3 is 0 Å². The van der Waals surface area contributed by atoms with E-state index in [9.17, 15) is 9.18 Å². The smallest absolute Gasteiger partial charge is 0.204 e.